The van der Waals surface area contributed by atoms with Gasteiger partial charge in [0.05, 0.1) is 0 Å². The Morgan fingerprint density at radius 3 is 1.69 bits per heavy atom. The molecule has 3 aromatic carbocycles. The summed E-state index contributed by atoms with van der Waals surface area (Å²) in [6, 6.07) is 27.2. The fourth-order valence-corrected chi connectivity index (χ4v) is 5.93. The SMILES string of the molecule is CC(=O)N1CCC(c2cccc(CN)c2)CC1.NCc1cccc(C2CCN(C(=O)C/C=C/c3ccccc3)CC2)c1. The van der Waals surface area contributed by atoms with Crippen LogP contribution in [0.15, 0.2) is 84.9 Å². The molecule has 2 heterocycles. The van der Waals surface area contributed by atoms with Crippen molar-refractivity contribution in [1.29, 1.82) is 0 Å². The Labute approximate surface area is 251 Å². The number of piperidine rings is 2. The summed E-state index contributed by atoms with van der Waals surface area (Å²) in [7, 11) is 0. The minimum Gasteiger partial charge on any atom is -0.343 e. The number of amides is 2. The van der Waals surface area contributed by atoms with Gasteiger partial charge in [0, 0.05) is 52.6 Å². The monoisotopic (exact) mass is 566 g/mol. The molecule has 0 spiro atoms. The first kappa shape index (κ1) is 31.2. The van der Waals surface area contributed by atoms with E-state index in [2.05, 4.69) is 48.5 Å². The molecule has 42 heavy (non-hydrogen) atoms. The zero-order chi connectivity index (χ0) is 29.7. The predicted octanol–water partition coefficient (Wildman–Crippen LogP) is 5.83. The van der Waals surface area contributed by atoms with Gasteiger partial charge in [0.15, 0.2) is 0 Å². The molecule has 222 valence electrons. The number of hydrogen-bond donors (Lipinski definition) is 2. The van der Waals surface area contributed by atoms with Crippen molar-refractivity contribution in [3.8, 4) is 0 Å². The zero-order valence-electron chi connectivity index (χ0n) is 25.0. The number of nitrogens with two attached hydrogens (primary N) is 2. The van der Waals surface area contributed by atoms with Crippen molar-refractivity contribution in [1.82, 2.24) is 9.80 Å². The Bertz CT molecular complexity index is 1310. The van der Waals surface area contributed by atoms with Gasteiger partial charge in [-0.25, -0.2) is 0 Å². The van der Waals surface area contributed by atoms with Crippen molar-refractivity contribution in [3.05, 3.63) is 113 Å². The van der Waals surface area contributed by atoms with Crippen molar-refractivity contribution >= 4 is 17.9 Å². The molecule has 2 saturated heterocycles. The van der Waals surface area contributed by atoms with Gasteiger partial charge in [-0.05, 0) is 65.3 Å². The predicted molar refractivity (Wildman–Crippen MR) is 172 cm³/mol. The molecule has 2 amide bonds. The molecule has 6 nitrogen and oxygen atoms in total. The van der Waals surface area contributed by atoms with Crippen LogP contribution in [-0.2, 0) is 22.7 Å². The standard InChI is InChI=1S/C22H26N2O.C14H20N2O/c23-17-19-9-4-10-21(16-19)20-12-14-24(15-13-20)22(25)11-5-8-18-6-2-1-3-7-18;1-11(17)16-7-5-13(6-8-16)14-4-2-3-12(9-14)10-15/h1-10,16,20H,11-15,17,23H2;2-4,9,13H,5-8,10,15H2,1H3/b8-5+;. The lowest BCUT2D eigenvalue weighted by molar-refractivity contribution is -0.131. The zero-order valence-corrected chi connectivity index (χ0v) is 25.0. The number of rotatable bonds is 7. The van der Waals surface area contributed by atoms with Crippen molar-refractivity contribution < 1.29 is 9.59 Å². The minimum absolute atomic E-state index is 0.194. The lowest BCUT2D eigenvalue weighted by Gasteiger charge is -2.32. The van der Waals surface area contributed by atoms with Crippen LogP contribution in [0.3, 0.4) is 0 Å². The highest BCUT2D eigenvalue weighted by Crippen LogP contribution is 2.29. The third kappa shape index (κ3) is 9.13. The smallest absolute Gasteiger partial charge is 0.226 e. The number of nitrogens with zero attached hydrogens (tertiary/aromatic N) is 2. The second-order valence-corrected chi connectivity index (χ2v) is 11.4. The van der Waals surface area contributed by atoms with E-state index in [0.717, 1.165) is 57.4 Å². The molecular weight excluding hydrogens is 520 g/mol. The molecule has 0 atom stereocenters. The average Bonchev–Trinajstić information content (AvgIpc) is 3.05. The summed E-state index contributed by atoms with van der Waals surface area (Å²) in [4.78, 5) is 27.6. The molecule has 5 rings (SSSR count). The molecule has 0 bridgehead atoms. The van der Waals surface area contributed by atoms with E-state index in [4.69, 9.17) is 11.5 Å². The van der Waals surface area contributed by atoms with Crippen LogP contribution in [-0.4, -0.2) is 47.8 Å². The van der Waals surface area contributed by atoms with E-state index < -0.39 is 0 Å². The summed E-state index contributed by atoms with van der Waals surface area (Å²) >= 11 is 0. The second kappa shape index (κ2) is 16.0. The van der Waals surface area contributed by atoms with Crippen LogP contribution >= 0.6 is 0 Å². The molecule has 2 aliphatic heterocycles. The Balaban J connectivity index is 0.000000208. The lowest BCUT2D eigenvalue weighted by Crippen LogP contribution is -2.37. The van der Waals surface area contributed by atoms with Crippen LogP contribution in [0.1, 0.15) is 78.7 Å². The highest BCUT2D eigenvalue weighted by atomic mass is 16.2. The highest BCUT2D eigenvalue weighted by molar-refractivity contribution is 5.78. The number of benzene rings is 3. The third-order valence-corrected chi connectivity index (χ3v) is 8.51. The van der Waals surface area contributed by atoms with E-state index in [9.17, 15) is 9.59 Å². The normalized spacial score (nSPS) is 16.3. The highest BCUT2D eigenvalue weighted by Gasteiger charge is 2.23. The maximum atomic E-state index is 12.4. The summed E-state index contributed by atoms with van der Waals surface area (Å²) in [5, 5.41) is 0. The van der Waals surface area contributed by atoms with Crippen LogP contribution in [0.4, 0.5) is 0 Å². The number of likely N-dealkylation sites (tertiary alicyclic amines) is 2. The van der Waals surface area contributed by atoms with Crippen LogP contribution in [0.2, 0.25) is 0 Å². The van der Waals surface area contributed by atoms with Gasteiger partial charge in [-0.3, -0.25) is 9.59 Å². The summed E-state index contributed by atoms with van der Waals surface area (Å²) in [6.07, 6.45) is 8.64. The summed E-state index contributed by atoms with van der Waals surface area (Å²) < 4.78 is 0. The number of carbonyl (C=O) groups is 2. The van der Waals surface area contributed by atoms with Crippen molar-refractivity contribution in [2.45, 2.75) is 64.0 Å². The van der Waals surface area contributed by atoms with E-state index in [0.29, 0.717) is 31.3 Å². The Morgan fingerprint density at radius 1 is 0.714 bits per heavy atom. The maximum Gasteiger partial charge on any atom is 0.226 e. The largest absolute Gasteiger partial charge is 0.343 e. The molecular formula is C36H46N4O2. The van der Waals surface area contributed by atoms with Crippen LogP contribution in [0.5, 0.6) is 0 Å². The maximum absolute atomic E-state index is 12.4. The van der Waals surface area contributed by atoms with E-state index >= 15 is 0 Å². The van der Waals surface area contributed by atoms with E-state index in [1.54, 1.807) is 6.92 Å². The molecule has 0 saturated carbocycles. The van der Waals surface area contributed by atoms with Gasteiger partial charge in [0.2, 0.25) is 11.8 Å². The summed E-state index contributed by atoms with van der Waals surface area (Å²) in [5.41, 5.74) is 17.6. The van der Waals surface area contributed by atoms with E-state index in [1.165, 1.54) is 22.3 Å². The molecule has 6 heteroatoms. The van der Waals surface area contributed by atoms with Crippen LogP contribution in [0.25, 0.3) is 6.08 Å². The molecule has 0 radical (unpaired) electrons. The second-order valence-electron chi connectivity index (χ2n) is 11.4. The minimum atomic E-state index is 0.194. The molecule has 4 N–H and O–H groups in total. The van der Waals surface area contributed by atoms with E-state index in [-0.39, 0.29) is 11.8 Å². The molecule has 2 aliphatic rings. The Hall–Kier alpha value is -3.74. The van der Waals surface area contributed by atoms with Gasteiger partial charge in [0.1, 0.15) is 0 Å². The summed E-state index contributed by atoms with van der Waals surface area (Å²) in [5.74, 6) is 1.54. The number of hydrogen-bond acceptors (Lipinski definition) is 4. The molecule has 0 unspecified atom stereocenters. The van der Waals surface area contributed by atoms with Crippen LogP contribution in [0, 0.1) is 0 Å². The Morgan fingerprint density at radius 2 is 1.21 bits per heavy atom. The van der Waals surface area contributed by atoms with Gasteiger partial charge in [-0.15, -0.1) is 0 Å². The molecule has 3 aromatic rings. The topological polar surface area (TPSA) is 92.7 Å². The van der Waals surface area contributed by atoms with Gasteiger partial charge < -0.3 is 21.3 Å². The first-order valence-electron chi connectivity index (χ1n) is 15.3. The molecule has 2 fully saturated rings. The Kier molecular flexibility index (Phi) is 11.9. The third-order valence-electron chi connectivity index (χ3n) is 8.51. The summed E-state index contributed by atoms with van der Waals surface area (Å²) in [6.45, 7) is 6.28. The van der Waals surface area contributed by atoms with Crippen LogP contribution < -0.4 is 11.5 Å². The average molecular weight is 567 g/mol. The fraction of sp³-hybridized carbons (Fsp3) is 0.389. The van der Waals surface area contributed by atoms with Crippen molar-refractivity contribution in [2.75, 3.05) is 26.2 Å². The quantitative estimate of drug-likeness (QED) is 0.377. The number of carbonyl (C=O) groups excluding carboxylic acids is 2. The van der Waals surface area contributed by atoms with Gasteiger partial charge in [-0.2, -0.15) is 0 Å². The van der Waals surface area contributed by atoms with Gasteiger partial charge in [-0.1, -0.05) is 91.0 Å². The van der Waals surface area contributed by atoms with Gasteiger partial charge >= 0.3 is 0 Å². The lowest BCUT2D eigenvalue weighted by atomic mass is 9.88. The first-order valence-corrected chi connectivity index (χ1v) is 15.3. The van der Waals surface area contributed by atoms with Crippen molar-refractivity contribution in [3.63, 3.8) is 0 Å². The van der Waals surface area contributed by atoms with E-state index in [1.807, 2.05) is 52.3 Å². The van der Waals surface area contributed by atoms with Gasteiger partial charge in [0.25, 0.3) is 0 Å². The van der Waals surface area contributed by atoms with Crippen molar-refractivity contribution in [2.24, 2.45) is 11.5 Å². The fourth-order valence-electron chi connectivity index (χ4n) is 5.93. The molecule has 0 aromatic heterocycles. The first-order chi connectivity index (χ1) is 20.5. The molecule has 0 aliphatic carbocycles.